The van der Waals surface area contributed by atoms with Crippen LogP contribution >= 0.6 is 11.3 Å². The molecule has 0 aliphatic heterocycles. The summed E-state index contributed by atoms with van der Waals surface area (Å²) in [5, 5.41) is 5.22. The molecule has 4 nitrogen and oxygen atoms in total. The molecule has 0 amide bonds. The van der Waals surface area contributed by atoms with Crippen LogP contribution < -0.4 is 11.1 Å². The molecule has 78 valence electrons. The van der Waals surface area contributed by atoms with Crippen LogP contribution in [0.1, 0.15) is 4.88 Å². The van der Waals surface area contributed by atoms with Crippen LogP contribution in [0.3, 0.4) is 0 Å². The van der Waals surface area contributed by atoms with Gasteiger partial charge in [-0.15, -0.1) is 11.3 Å². The molecule has 0 saturated carbocycles. The molecule has 0 bridgehead atoms. The number of nitrogens with one attached hydrogen (secondary N) is 1. The van der Waals surface area contributed by atoms with Gasteiger partial charge in [-0.05, 0) is 17.9 Å². The van der Waals surface area contributed by atoms with E-state index in [4.69, 9.17) is 5.73 Å². The van der Waals surface area contributed by atoms with E-state index in [1.807, 2.05) is 0 Å². The van der Waals surface area contributed by atoms with Crippen molar-refractivity contribution >= 4 is 23.0 Å². The quantitative estimate of drug-likeness (QED) is 0.824. The van der Waals surface area contributed by atoms with Crippen LogP contribution in [-0.2, 0) is 6.42 Å². The first kappa shape index (κ1) is 9.92. The third kappa shape index (κ3) is 2.92. The van der Waals surface area contributed by atoms with Crippen molar-refractivity contribution in [2.24, 2.45) is 0 Å². The Balaban J connectivity index is 1.81. The maximum Gasteiger partial charge on any atom is 0.222 e. The second-order valence-electron chi connectivity index (χ2n) is 3.10. The van der Waals surface area contributed by atoms with Gasteiger partial charge >= 0.3 is 0 Å². The van der Waals surface area contributed by atoms with Gasteiger partial charge in [-0.2, -0.15) is 0 Å². The smallest absolute Gasteiger partial charge is 0.222 e. The number of nitrogens with two attached hydrogens (primary N) is 1. The number of nitrogens with zero attached hydrogens (tertiary/aromatic N) is 2. The molecule has 0 spiro atoms. The van der Waals surface area contributed by atoms with Gasteiger partial charge in [-0.25, -0.2) is 9.97 Å². The van der Waals surface area contributed by atoms with Crippen molar-refractivity contribution in [3.8, 4) is 0 Å². The number of hydrogen-bond donors (Lipinski definition) is 2. The minimum atomic E-state index is 0.582. The summed E-state index contributed by atoms with van der Waals surface area (Å²) in [5.41, 5.74) is 6.06. The average molecular weight is 220 g/mol. The molecule has 0 aromatic carbocycles. The van der Waals surface area contributed by atoms with E-state index in [1.54, 1.807) is 23.7 Å². The van der Waals surface area contributed by atoms with Crippen LogP contribution in [0.5, 0.6) is 0 Å². The Morgan fingerprint density at radius 2 is 2.13 bits per heavy atom. The highest BCUT2D eigenvalue weighted by atomic mass is 32.1. The molecule has 0 unspecified atom stereocenters. The molecule has 0 radical (unpaired) electrons. The lowest BCUT2D eigenvalue weighted by molar-refractivity contribution is 1.00. The summed E-state index contributed by atoms with van der Waals surface area (Å²) in [4.78, 5) is 9.47. The molecule has 2 rings (SSSR count). The van der Waals surface area contributed by atoms with Crippen molar-refractivity contribution in [2.75, 3.05) is 17.6 Å². The first-order valence-electron chi connectivity index (χ1n) is 4.68. The minimum Gasteiger partial charge on any atom is -0.396 e. The lowest BCUT2D eigenvalue weighted by atomic mass is 10.3. The number of thiophene rings is 1. The molecule has 0 fully saturated rings. The molecule has 0 aliphatic rings. The Kier molecular flexibility index (Phi) is 3.14. The van der Waals surface area contributed by atoms with Crippen molar-refractivity contribution in [2.45, 2.75) is 6.42 Å². The van der Waals surface area contributed by atoms with Gasteiger partial charge in [0.1, 0.15) is 0 Å². The summed E-state index contributed by atoms with van der Waals surface area (Å²) in [7, 11) is 0. The Morgan fingerprint density at radius 1 is 1.33 bits per heavy atom. The van der Waals surface area contributed by atoms with E-state index in [0.29, 0.717) is 11.6 Å². The molecular weight excluding hydrogens is 208 g/mol. The van der Waals surface area contributed by atoms with Crippen LogP contribution in [0.2, 0.25) is 0 Å². The van der Waals surface area contributed by atoms with Gasteiger partial charge in [0.2, 0.25) is 5.95 Å². The molecule has 2 aromatic heterocycles. The van der Waals surface area contributed by atoms with Gasteiger partial charge in [0, 0.05) is 11.4 Å². The van der Waals surface area contributed by atoms with Gasteiger partial charge in [0.25, 0.3) is 0 Å². The maximum absolute atomic E-state index is 5.48. The Morgan fingerprint density at radius 3 is 2.80 bits per heavy atom. The number of aromatic nitrogens is 2. The van der Waals surface area contributed by atoms with E-state index in [2.05, 4.69) is 32.8 Å². The number of nitrogen functional groups attached to an aromatic ring is 1. The zero-order chi connectivity index (χ0) is 10.5. The fraction of sp³-hybridized carbons (Fsp3) is 0.200. The first-order valence-corrected chi connectivity index (χ1v) is 5.56. The predicted octanol–water partition coefficient (Wildman–Crippen LogP) is 1.77. The Hall–Kier alpha value is -1.62. The van der Waals surface area contributed by atoms with Crippen molar-refractivity contribution in [1.82, 2.24) is 9.97 Å². The van der Waals surface area contributed by atoms with Crippen LogP contribution in [0.15, 0.2) is 29.9 Å². The van der Waals surface area contributed by atoms with Crippen molar-refractivity contribution in [1.29, 1.82) is 0 Å². The number of hydrogen-bond acceptors (Lipinski definition) is 5. The Bertz CT molecular complexity index is 396. The van der Waals surface area contributed by atoms with Gasteiger partial charge < -0.3 is 11.1 Å². The van der Waals surface area contributed by atoms with Crippen LogP contribution in [0.25, 0.3) is 0 Å². The fourth-order valence-corrected chi connectivity index (χ4v) is 1.89. The van der Waals surface area contributed by atoms with Crippen LogP contribution in [0.4, 0.5) is 11.6 Å². The highest BCUT2D eigenvalue weighted by Gasteiger charge is 1.96. The zero-order valence-electron chi connectivity index (χ0n) is 8.18. The molecule has 15 heavy (non-hydrogen) atoms. The van der Waals surface area contributed by atoms with Gasteiger partial charge in [0.15, 0.2) is 0 Å². The van der Waals surface area contributed by atoms with Gasteiger partial charge in [-0.3, -0.25) is 0 Å². The van der Waals surface area contributed by atoms with E-state index in [-0.39, 0.29) is 0 Å². The SMILES string of the molecule is Nc1cnc(NCCc2cccs2)nc1. The minimum absolute atomic E-state index is 0.582. The van der Waals surface area contributed by atoms with Crippen LogP contribution in [0, 0.1) is 0 Å². The zero-order valence-corrected chi connectivity index (χ0v) is 9.00. The summed E-state index contributed by atoms with van der Waals surface area (Å²) in [6, 6.07) is 4.18. The molecule has 5 heteroatoms. The lowest BCUT2D eigenvalue weighted by Gasteiger charge is -2.02. The normalized spacial score (nSPS) is 10.1. The molecule has 2 heterocycles. The third-order valence-corrected chi connectivity index (χ3v) is 2.84. The lowest BCUT2D eigenvalue weighted by Crippen LogP contribution is -2.07. The van der Waals surface area contributed by atoms with Crippen LogP contribution in [-0.4, -0.2) is 16.5 Å². The van der Waals surface area contributed by atoms with Gasteiger partial charge in [-0.1, -0.05) is 6.07 Å². The molecule has 3 N–H and O–H groups in total. The third-order valence-electron chi connectivity index (χ3n) is 1.91. The molecule has 2 aromatic rings. The highest BCUT2D eigenvalue weighted by Crippen LogP contribution is 2.09. The summed E-state index contributed by atoms with van der Waals surface area (Å²) >= 11 is 1.76. The van der Waals surface area contributed by atoms with E-state index in [9.17, 15) is 0 Å². The summed E-state index contributed by atoms with van der Waals surface area (Å²) < 4.78 is 0. The summed E-state index contributed by atoms with van der Waals surface area (Å²) in [6.45, 7) is 0.838. The molecule has 0 atom stereocenters. The standard InChI is InChI=1S/C10H12N4S/c11-8-6-13-10(14-7-8)12-4-3-9-2-1-5-15-9/h1-2,5-7H,3-4,11H2,(H,12,13,14). The van der Waals surface area contributed by atoms with Gasteiger partial charge in [0.05, 0.1) is 18.1 Å². The fourth-order valence-electron chi connectivity index (χ4n) is 1.18. The topological polar surface area (TPSA) is 63.8 Å². The summed E-state index contributed by atoms with van der Waals surface area (Å²) in [6.07, 6.45) is 4.19. The van der Waals surface area contributed by atoms with E-state index in [0.717, 1.165) is 13.0 Å². The highest BCUT2D eigenvalue weighted by molar-refractivity contribution is 7.09. The Labute approximate surface area is 92.2 Å². The average Bonchev–Trinajstić information content (AvgIpc) is 2.74. The summed E-state index contributed by atoms with van der Waals surface area (Å²) in [5.74, 6) is 0.626. The molecular formula is C10H12N4S. The van der Waals surface area contributed by atoms with E-state index < -0.39 is 0 Å². The number of anilines is 2. The van der Waals surface area contributed by atoms with Crippen molar-refractivity contribution in [3.05, 3.63) is 34.8 Å². The molecule has 0 aliphatic carbocycles. The van der Waals surface area contributed by atoms with E-state index in [1.165, 1.54) is 4.88 Å². The van der Waals surface area contributed by atoms with Crippen molar-refractivity contribution in [3.63, 3.8) is 0 Å². The molecule has 0 saturated heterocycles. The second kappa shape index (κ2) is 4.75. The first-order chi connectivity index (χ1) is 7.34. The maximum atomic E-state index is 5.48. The van der Waals surface area contributed by atoms with Crippen molar-refractivity contribution < 1.29 is 0 Å². The van der Waals surface area contributed by atoms with E-state index >= 15 is 0 Å². The number of rotatable bonds is 4. The monoisotopic (exact) mass is 220 g/mol. The predicted molar refractivity (Wildman–Crippen MR) is 63.0 cm³/mol. The largest absolute Gasteiger partial charge is 0.396 e. The second-order valence-corrected chi connectivity index (χ2v) is 4.13.